The molecule has 1 rings (SSSR count). The van der Waals surface area contributed by atoms with Crippen LogP contribution in [0.4, 0.5) is 4.39 Å². The standard InChI is InChI=1S/C13H14FNO3/c1-9(16)15-6-2-3-10-4-5-12(14)7-11(10)8-13(17)18/h2-5,7H,6,8H2,1H3,(H,15,16)(H,17,18). The zero-order chi connectivity index (χ0) is 13.5. The van der Waals surface area contributed by atoms with Crippen molar-refractivity contribution >= 4 is 18.0 Å². The Kier molecular flexibility index (Phi) is 5.05. The quantitative estimate of drug-likeness (QED) is 0.835. The maximum absolute atomic E-state index is 13.0. The van der Waals surface area contributed by atoms with Crippen LogP contribution >= 0.6 is 0 Å². The first-order chi connectivity index (χ1) is 8.49. The van der Waals surface area contributed by atoms with Gasteiger partial charge in [-0.3, -0.25) is 9.59 Å². The predicted molar refractivity (Wildman–Crippen MR) is 65.5 cm³/mol. The predicted octanol–water partition coefficient (Wildman–Crippen LogP) is 1.60. The molecule has 0 bridgehead atoms. The molecule has 1 aromatic rings. The minimum Gasteiger partial charge on any atom is -0.481 e. The van der Waals surface area contributed by atoms with Crippen LogP contribution in [0.25, 0.3) is 6.08 Å². The van der Waals surface area contributed by atoms with Crippen LogP contribution in [0, 0.1) is 5.82 Å². The summed E-state index contributed by atoms with van der Waals surface area (Å²) in [7, 11) is 0. The van der Waals surface area contributed by atoms with Gasteiger partial charge in [-0.25, -0.2) is 4.39 Å². The van der Waals surface area contributed by atoms with Crippen molar-refractivity contribution < 1.29 is 19.1 Å². The van der Waals surface area contributed by atoms with E-state index in [1.807, 2.05) is 0 Å². The number of hydrogen-bond donors (Lipinski definition) is 2. The van der Waals surface area contributed by atoms with E-state index < -0.39 is 11.8 Å². The van der Waals surface area contributed by atoms with Crippen LogP contribution in [0.2, 0.25) is 0 Å². The van der Waals surface area contributed by atoms with Crippen LogP contribution in [0.1, 0.15) is 18.1 Å². The molecule has 96 valence electrons. The van der Waals surface area contributed by atoms with E-state index in [1.165, 1.54) is 25.1 Å². The Hall–Kier alpha value is -2.17. The highest BCUT2D eigenvalue weighted by Crippen LogP contribution is 2.14. The highest BCUT2D eigenvalue weighted by molar-refractivity contribution is 5.74. The van der Waals surface area contributed by atoms with Crippen molar-refractivity contribution in [3.63, 3.8) is 0 Å². The number of halogens is 1. The molecule has 0 aromatic heterocycles. The summed E-state index contributed by atoms with van der Waals surface area (Å²) in [6.45, 7) is 1.75. The number of aliphatic carboxylic acids is 1. The third-order valence-corrected chi connectivity index (χ3v) is 2.21. The van der Waals surface area contributed by atoms with Crippen molar-refractivity contribution in [2.75, 3.05) is 6.54 Å². The van der Waals surface area contributed by atoms with E-state index in [1.54, 1.807) is 12.2 Å². The van der Waals surface area contributed by atoms with E-state index in [2.05, 4.69) is 5.32 Å². The lowest BCUT2D eigenvalue weighted by molar-refractivity contribution is -0.136. The molecule has 18 heavy (non-hydrogen) atoms. The average Bonchev–Trinajstić information content (AvgIpc) is 2.25. The first kappa shape index (κ1) is 13.9. The summed E-state index contributed by atoms with van der Waals surface area (Å²) in [6, 6.07) is 3.98. The number of carbonyl (C=O) groups excluding carboxylic acids is 1. The molecular weight excluding hydrogens is 237 g/mol. The van der Waals surface area contributed by atoms with Crippen molar-refractivity contribution in [2.45, 2.75) is 13.3 Å². The van der Waals surface area contributed by atoms with Gasteiger partial charge >= 0.3 is 5.97 Å². The Labute approximate surface area is 104 Å². The minimum atomic E-state index is -1.02. The van der Waals surface area contributed by atoms with Crippen molar-refractivity contribution in [3.05, 3.63) is 41.2 Å². The lowest BCUT2D eigenvalue weighted by Crippen LogP contribution is -2.19. The van der Waals surface area contributed by atoms with Crippen molar-refractivity contribution in [1.82, 2.24) is 5.32 Å². The third kappa shape index (κ3) is 4.78. The number of amides is 1. The van der Waals surface area contributed by atoms with E-state index >= 15 is 0 Å². The van der Waals surface area contributed by atoms with Gasteiger partial charge in [0.2, 0.25) is 5.91 Å². The lowest BCUT2D eigenvalue weighted by Gasteiger charge is -2.04. The van der Waals surface area contributed by atoms with Gasteiger partial charge in [0.25, 0.3) is 0 Å². The van der Waals surface area contributed by atoms with Crippen LogP contribution < -0.4 is 5.32 Å². The summed E-state index contributed by atoms with van der Waals surface area (Å²) in [6.07, 6.45) is 3.10. The van der Waals surface area contributed by atoms with Gasteiger partial charge < -0.3 is 10.4 Å². The monoisotopic (exact) mass is 251 g/mol. The van der Waals surface area contributed by atoms with E-state index in [0.29, 0.717) is 17.7 Å². The topological polar surface area (TPSA) is 66.4 Å². The maximum atomic E-state index is 13.0. The van der Waals surface area contributed by atoms with Crippen molar-refractivity contribution in [2.24, 2.45) is 0 Å². The lowest BCUT2D eigenvalue weighted by atomic mass is 10.0. The number of hydrogen-bond acceptors (Lipinski definition) is 2. The molecule has 0 aliphatic carbocycles. The van der Waals surface area contributed by atoms with Gasteiger partial charge in [-0.15, -0.1) is 0 Å². The molecule has 0 fully saturated rings. The molecule has 5 heteroatoms. The third-order valence-electron chi connectivity index (χ3n) is 2.21. The second-order valence-electron chi connectivity index (χ2n) is 3.75. The van der Waals surface area contributed by atoms with E-state index in [9.17, 15) is 14.0 Å². The molecule has 1 aromatic carbocycles. The average molecular weight is 251 g/mol. The Balaban J connectivity index is 2.80. The van der Waals surface area contributed by atoms with E-state index in [-0.39, 0.29) is 12.3 Å². The fourth-order valence-corrected chi connectivity index (χ4v) is 1.44. The van der Waals surface area contributed by atoms with Gasteiger partial charge in [-0.05, 0) is 23.3 Å². The number of carboxylic acid groups (broad SMARTS) is 1. The van der Waals surface area contributed by atoms with Crippen molar-refractivity contribution in [1.29, 1.82) is 0 Å². The highest BCUT2D eigenvalue weighted by Gasteiger charge is 2.06. The molecule has 0 spiro atoms. The molecule has 2 N–H and O–H groups in total. The Morgan fingerprint density at radius 1 is 1.44 bits per heavy atom. The summed E-state index contributed by atoms with van der Waals surface area (Å²) in [5.41, 5.74) is 1.03. The summed E-state index contributed by atoms with van der Waals surface area (Å²) >= 11 is 0. The largest absolute Gasteiger partial charge is 0.481 e. The van der Waals surface area contributed by atoms with Gasteiger partial charge in [0.1, 0.15) is 5.82 Å². The molecule has 0 heterocycles. The van der Waals surface area contributed by atoms with Crippen LogP contribution in [0.15, 0.2) is 24.3 Å². The molecule has 0 saturated carbocycles. The van der Waals surface area contributed by atoms with Crippen LogP contribution in [0.5, 0.6) is 0 Å². The second kappa shape index (κ2) is 6.54. The van der Waals surface area contributed by atoms with Gasteiger partial charge in [0.05, 0.1) is 6.42 Å². The number of nitrogens with one attached hydrogen (secondary N) is 1. The summed E-state index contributed by atoms with van der Waals surface area (Å²) in [4.78, 5) is 21.3. The molecule has 0 unspecified atom stereocenters. The second-order valence-corrected chi connectivity index (χ2v) is 3.75. The van der Waals surface area contributed by atoms with Gasteiger partial charge in [0, 0.05) is 13.5 Å². The zero-order valence-electron chi connectivity index (χ0n) is 9.94. The first-order valence-corrected chi connectivity index (χ1v) is 5.40. The molecule has 0 saturated heterocycles. The van der Waals surface area contributed by atoms with Gasteiger partial charge in [-0.2, -0.15) is 0 Å². The molecule has 0 atom stereocenters. The summed E-state index contributed by atoms with van der Waals surface area (Å²) in [5.74, 6) is -1.63. The van der Waals surface area contributed by atoms with Gasteiger partial charge in [0.15, 0.2) is 0 Å². The molecule has 4 nitrogen and oxygen atoms in total. The van der Waals surface area contributed by atoms with Crippen LogP contribution in [0.3, 0.4) is 0 Å². The Morgan fingerprint density at radius 2 is 2.17 bits per heavy atom. The fraction of sp³-hybridized carbons (Fsp3) is 0.231. The van der Waals surface area contributed by atoms with E-state index in [4.69, 9.17) is 5.11 Å². The van der Waals surface area contributed by atoms with Crippen LogP contribution in [-0.4, -0.2) is 23.5 Å². The first-order valence-electron chi connectivity index (χ1n) is 5.40. The summed E-state index contributed by atoms with van der Waals surface area (Å²) < 4.78 is 13.0. The minimum absolute atomic E-state index is 0.149. The number of rotatable bonds is 5. The molecule has 0 aliphatic rings. The number of carbonyl (C=O) groups is 2. The van der Waals surface area contributed by atoms with Crippen LogP contribution in [-0.2, 0) is 16.0 Å². The molecule has 0 aliphatic heterocycles. The molecule has 1 amide bonds. The highest BCUT2D eigenvalue weighted by atomic mass is 19.1. The molecule has 0 radical (unpaired) electrons. The number of benzene rings is 1. The smallest absolute Gasteiger partial charge is 0.307 e. The zero-order valence-corrected chi connectivity index (χ0v) is 9.94. The van der Waals surface area contributed by atoms with E-state index in [0.717, 1.165) is 0 Å². The maximum Gasteiger partial charge on any atom is 0.307 e. The fourth-order valence-electron chi connectivity index (χ4n) is 1.44. The Morgan fingerprint density at radius 3 is 2.78 bits per heavy atom. The number of carboxylic acids is 1. The SMILES string of the molecule is CC(=O)NCC=Cc1ccc(F)cc1CC(=O)O. The Bertz CT molecular complexity index is 483. The van der Waals surface area contributed by atoms with Crippen molar-refractivity contribution in [3.8, 4) is 0 Å². The molecular formula is C13H14FNO3. The summed E-state index contributed by atoms with van der Waals surface area (Å²) in [5, 5.41) is 11.3. The van der Waals surface area contributed by atoms with Gasteiger partial charge in [-0.1, -0.05) is 18.2 Å². The normalized spacial score (nSPS) is 10.6.